The summed E-state index contributed by atoms with van der Waals surface area (Å²) in [6.07, 6.45) is 1.43. The Labute approximate surface area is 180 Å². The fourth-order valence-corrected chi connectivity index (χ4v) is 3.36. The molecule has 2 aromatic heterocycles. The number of nitro benzene ring substituents is 2. The standard InChI is InChI=1S/C21H16N6O5/c1-12-18(26(29)30)8-14(9-19(12)27(31)32)21(28)23-15-10-17-13(2)24-25(20(17)22-11-15)16-6-4-3-5-7-16/h3-11H,1-2H3,(H,23,28). The maximum absolute atomic E-state index is 12.7. The van der Waals surface area contributed by atoms with E-state index in [1.807, 2.05) is 37.3 Å². The number of benzene rings is 2. The third-order valence-electron chi connectivity index (χ3n) is 4.97. The summed E-state index contributed by atoms with van der Waals surface area (Å²) in [5, 5.41) is 30.3. The predicted molar refractivity (Wildman–Crippen MR) is 116 cm³/mol. The lowest BCUT2D eigenvalue weighted by molar-refractivity contribution is -0.395. The van der Waals surface area contributed by atoms with Gasteiger partial charge in [0.1, 0.15) is 5.56 Å². The molecule has 2 aromatic carbocycles. The Morgan fingerprint density at radius 2 is 1.62 bits per heavy atom. The first-order valence-electron chi connectivity index (χ1n) is 9.42. The Bertz CT molecular complexity index is 1360. The van der Waals surface area contributed by atoms with E-state index in [1.165, 1.54) is 13.1 Å². The van der Waals surface area contributed by atoms with Crippen LogP contribution < -0.4 is 5.32 Å². The van der Waals surface area contributed by atoms with E-state index in [-0.39, 0.29) is 11.1 Å². The van der Waals surface area contributed by atoms with Gasteiger partial charge in [0.05, 0.1) is 38.7 Å². The van der Waals surface area contributed by atoms with Crippen LogP contribution in [0.2, 0.25) is 0 Å². The van der Waals surface area contributed by atoms with E-state index in [0.717, 1.165) is 17.8 Å². The minimum absolute atomic E-state index is 0.122. The molecule has 2 heterocycles. The summed E-state index contributed by atoms with van der Waals surface area (Å²) in [6.45, 7) is 3.07. The Morgan fingerprint density at radius 3 is 2.22 bits per heavy atom. The van der Waals surface area contributed by atoms with Crippen molar-refractivity contribution < 1.29 is 14.6 Å². The molecule has 11 heteroatoms. The number of pyridine rings is 1. The van der Waals surface area contributed by atoms with Crippen molar-refractivity contribution in [3.8, 4) is 5.69 Å². The highest BCUT2D eigenvalue weighted by molar-refractivity contribution is 6.06. The largest absolute Gasteiger partial charge is 0.321 e. The molecule has 0 unspecified atom stereocenters. The molecule has 0 atom stereocenters. The predicted octanol–water partition coefficient (Wildman–Crippen LogP) is 4.11. The zero-order valence-electron chi connectivity index (χ0n) is 17.0. The monoisotopic (exact) mass is 432 g/mol. The molecule has 4 rings (SSSR count). The van der Waals surface area contributed by atoms with Crippen LogP contribution in [0.15, 0.2) is 54.7 Å². The average Bonchev–Trinajstić information content (AvgIpc) is 3.10. The van der Waals surface area contributed by atoms with E-state index in [0.29, 0.717) is 22.4 Å². The maximum Gasteiger partial charge on any atom is 0.279 e. The van der Waals surface area contributed by atoms with Crippen molar-refractivity contribution >= 4 is 34.0 Å². The first-order valence-corrected chi connectivity index (χ1v) is 9.42. The average molecular weight is 432 g/mol. The van der Waals surface area contributed by atoms with E-state index in [9.17, 15) is 25.0 Å². The minimum atomic E-state index is -0.756. The quantitative estimate of drug-likeness (QED) is 0.369. The van der Waals surface area contributed by atoms with Crippen LogP contribution in [0.25, 0.3) is 16.7 Å². The van der Waals surface area contributed by atoms with Gasteiger partial charge in [0.25, 0.3) is 17.3 Å². The van der Waals surface area contributed by atoms with Crippen LogP contribution in [0, 0.1) is 34.1 Å². The lowest BCUT2D eigenvalue weighted by Gasteiger charge is -2.07. The first-order chi connectivity index (χ1) is 15.3. The zero-order valence-corrected chi connectivity index (χ0v) is 17.0. The van der Waals surface area contributed by atoms with Crippen LogP contribution in [0.5, 0.6) is 0 Å². The number of nitro groups is 2. The molecular weight excluding hydrogens is 416 g/mol. The molecule has 4 aromatic rings. The van der Waals surface area contributed by atoms with Crippen molar-refractivity contribution in [2.45, 2.75) is 13.8 Å². The highest BCUT2D eigenvalue weighted by Gasteiger charge is 2.25. The minimum Gasteiger partial charge on any atom is -0.321 e. The van der Waals surface area contributed by atoms with E-state index in [1.54, 1.807) is 10.7 Å². The summed E-state index contributed by atoms with van der Waals surface area (Å²) in [6, 6.07) is 13.1. The van der Waals surface area contributed by atoms with Crippen molar-refractivity contribution in [2.75, 3.05) is 5.32 Å². The number of amides is 1. The van der Waals surface area contributed by atoms with Gasteiger partial charge in [0.2, 0.25) is 0 Å². The number of nitrogens with zero attached hydrogens (tertiary/aromatic N) is 5. The summed E-state index contributed by atoms with van der Waals surface area (Å²) < 4.78 is 1.68. The fourth-order valence-electron chi connectivity index (χ4n) is 3.36. The highest BCUT2D eigenvalue weighted by atomic mass is 16.6. The summed E-state index contributed by atoms with van der Waals surface area (Å²) in [4.78, 5) is 38.1. The Hall–Kier alpha value is -4.67. The summed E-state index contributed by atoms with van der Waals surface area (Å²) in [5.74, 6) is -0.731. The molecule has 0 saturated heterocycles. The van der Waals surface area contributed by atoms with Gasteiger partial charge in [-0.3, -0.25) is 25.0 Å². The first kappa shape index (κ1) is 20.6. The zero-order chi connectivity index (χ0) is 23.0. The van der Waals surface area contributed by atoms with Gasteiger partial charge in [-0.1, -0.05) is 18.2 Å². The SMILES string of the molecule is Cc1c([N+](=O)[O-])cc(C(=O)Nc2cnc3c(c2)c(C)nn3-c2ccccc2)cc1[N+](=O)[O-]. The Balaban J connectivity index is 1.70. The number of carbonyl (C=O) groups is 1. The molecule has 0 radical (unpaired) electrons. The van der Waals surface area contributed by atoms with Gasteiger partial charge in [-0.15, -0.1) is 0 Å². The molecule has 0 fully saturated rings. The number of fused-ring (bicyclic) bond motifs is 1. The number of hydrogen-bond donors (Lipinski definition) is 1. The molecule has 0 bridgehead atoms. The van der Waals surface area contributed by atoms with Crippen molar-refractivity contribution in [2.24, 2.45) is 0 Å². The lowest BCUT2D eigenvalue weighted by atomic mass is 10.1. The van der Waals surface area contributed by atoms with Crippen LogP contribution in [0.4, 0.5) is 17.1 Å². The van der Waals surface area contributed by atoms with Gasteiger partial charge in [-0.05, 0) is 32.0 Å². The smallest absolute Gasteiger partial charge is 0.279 e. The molecule has 0 aliphatic rings. The molecule has 0 saturated carbocycles. The van der Waals surface area contributed by atoms with E-state index >= 15 is 0 Å². The van der Waals surface area contributed by atoms with Gasteiger partial charge < -0.3 is 5.32 Å². The van der Waals surface area contributed by atoms with Gasteiger partial charge in [-0.25, -0.2) is 9.67 Å². The second kappa shape index (κ2) is 7.87. The molecule has 32 heavy (non-hydrogen) atoms. The van der Waals surface area contributed by atoms with Gasteiger partial charge >= 0.3 is 0 Å². The molecule has 0 aliphatic heterocycles. The Kier molecular flexibility index (Phi) is 5.07. The maximum atomic E-state index is 12.7. The number of aryl methyl sites for hydroxylation is 1. The molecule has 11 nitrogen and oxygen atoms in total. The number of aromatic nitrogens is 3. The fraction of sp³-hybridized carbons (Fsp3) is 0.0952. The van der Waals surface area contributed by atoms with E-state index < -0.39 is 27.1 Å². The molecule has 0 aliphatic carbocycles. The highest BCUT2D eigenvalue weighted by Crippen LogP contribution is 2.30. The van der Waals surface area contributed by atoms with Crippen molar-refractivity contribution in [3.05, 3.63) is 91.8 Å². The van der Waals surface area contributed by atoms with Crippen molar-refractivity contribution in [3.63, 3.8) is 0 Å². The van der Waals surface area contributed by atoms with E-state index in [4.69, 9.17) is 0 Å². The van der Waals surface area contributed by atoms with Crippen molar-refractivity contribution in [1.82, 2.24) is 14.8 Å². The summed E-state index contributed by atoms with van der Waals surface area (Å²) in [7, 11) is 0. The van der Waals surface area contributed by atoms with Crippen LogP contribution in [0.1, 0.15) is 21.6 Å². The topological polar surface area (TPSA) is 146 Å². The third kappa shape index (κ3) is 3.62. The van der Waals surface area contributed by atoms with Crippen molar-refractivity contribution in [1.29, 1.82) is 0 Å². The lowest BCUT2D eigenvalue weighted by Crippen LogP contribution is -2.13. The molecule has 0 spiro atoms. The van der Waals surface area contributed by atoms with Gasteiger partial charge in [0, 0.05) is 17.5 Å². The van der Waals surface area contributed by atoms with Gasteiger partial charge in [0.15, 0.2) is 5.65 Å². The third-order valence-corrected chi connectivity index (χ3v) is 4.97. The molecule has 160 valence electrons. The van der Waals surface area contributed by atoms with E-state index in [2.05, 4.69) is 15.4 Å². The van der Waals surface area contributed by atoms with Crippen LogP contribution in [-0.2, 0) is 0 Å². The second-order valence-electron chi connectivity index (χ2n) is 7.04. The van der Waals surface area contributed by atoms with Crippen LogP contribution >= 0.6 is 0 Å². The van der Waals surface area contributed by atoms with Gasteiger partial charge in [-0.2, -0.15) is 5.10 Å². The van der Waals surface area contributed by atoms with Crippen LogP contribution in [0.3, 0.4) is 0 Å². The normalized spacial score (nSPS) is 10.8. The number of anilines is 1. The number of nitrogens with one attached hydrogen (secondary N) is 1. The summed E-state index contributed by atoms with van der Waals surface area (Å²) in [5.41, 5.74) is 1.10. The number of hydrogen-bond acceptors (Lipinski definition) is 7. The second-order valence-corrected chi connectivity index (χ2v) is 7.04. The molecule has 1 amide bonds. The Morgan fingerprint density at radius 1 is 1.00 bits per heavy atom. The molecular formula is C21H16N6O5. The van der Waals surface area contributed by atoms with Crippen LogP contribution in [-0.4, -0.2) is 30.5 Å². The number of carbonyl (C=O) groups excluding carboxylic acids is 1. The number of para-hydroxylation sites is 1. The summed E-state index contributed by atoms with van der Waals surface area (Å²) >= 11 is 0. The number of rotatable bonds is 5. The molecule has 1 N–H and O–H groups in total.